The number of rotatable bonds is 2. The van der Waals surface area contributed by atoms with Crippen LogP contribution in [-0.2, 0) is 17.3 Å². The molecule has 0 bridgehead atoms. The van der Waals surface area contributed by atoms with E-state index >= 15 is 0 Å². The summed E-state index contributed by atoms with van der Waals surface area (Å²) in [5, 5.41) is 0. The van der Waals surface area contributed by atoms with Gasteiger partial charge in [-0.25, -0.2) is 9.97 Å². The summed E-state index contributed by atoms with van der Waals surface area (Å²) >= 11 is 0. The average Bonchev–Trinajstić information content (AvgIpc) is 2.29. The van der Waals surface area contributed by atoms with E-state index in [1.807, 2.05) is 13.0 Å². The second-order valence-electron chi connectivity index (χ2n) is 3.84. The van der Waals surface area contributed by atoms with E-state index in [-0.39, 0.29) is 0 Å². The Bertz CT molecular complexity index is 400. The lowest BCUT2D eigenvalue weighted by Gasteiger charge is -2.26. The Balaban J connectivity index is 2.19. The number of hydrogen-bond donors (Lipinski definition) is 1. The van der Waals surface area contributed by atoms with Crippen molar-refractivity contribution < 1.29 is 4.21 Å². The molecular weight excluding hydrogens is 224 g/mol. The molecule has 0 aromatic carbocycles. The first kappa shape index (κ1) is 11.5. The lowest BCUT2D eigenvalue weighted by atomic mass is 10.3. The molecule has 1 aromatic heterocycles. The van der Waals surface area contributed by atoms with Crippen molar-refractivity contribution in [2.75, 3.05) is 29.5 Å². The third-order valence-electron chi connectivity index (χ3n) is 2.57. The Hall–Kier alpha value is -1.01. The molecule has 0 aliphatic carbocycles. The highest BCUT2D eigenvalue weighted by Gasteiger charge is 2.18. The smallest absolute Gasteiger partial charge is 0.225 e. The average molecular weight is 240 g/mol. The molecule has 2 heterocycles. The largest absolute Gasteiger partial charge is 0.339 e. The zero-order valence-electron chi connectivity index (χ0n) is 9.35. The lowest BCUT2D eigenvalue weighted by Crippen LogP contribution is -2.39. The quantitative estimate of drug-likeness (QED) is 0.776. The van der Waals surface area contributed by atoms with Gasteiger partial charge < -0.3 is 10.6 Å². The van der Waals surface area contributed by atoms with Gasteiger partial charge in [0.15, 0.2) is 0 Å². The molecule has 1 aliphatic heterocycles. The maximum atomic E-state index is 11.3. The molecule has 1 fully saturated rings. The Morgan fingerprint density at radius 2 is 2.12 bits per heavy atom. The van der Waals surface area contributed by atoms with Gasteiger partial charge in [-0.05, 0) is 13.0 Å². The number of anilines is 1. The summed E-state index contributed by atoms with van der Waals surface area (Å²) in [6.07, 6.45) is 0. The molecule has 5 nitrogen and oxygen atoms in total. The summed E-state index contributed by atoms with van der Waals surface area (Å²) < 4.78 is 11.3. The molecule has 1 aromatic rings. The number of hydrogen-bond acceptors (Lipinski definition) is 5. The predicted molar refractivity (Wildman–Crippen MR) is 64.7 cm³/mol. The molecule has 1 saturated heterocycles. The third-order valence-corrected chi connectivity index (χ3v) is 3.84. The number of nitrogens with two attached hydrogens (primary N) is 1. The van der Waals surface area contributed by atoms with Gasteiger partial charge in [-0.2, -0.15) is 0 Å². The molecule has 6 heteroatoms. The van der Waals surface area contributed by atoms with Crippen molar-refractivity contribution in [2.45, 2.75) is 13.5 Å². The highest BCUT2D eigenvalue weighted by molar-refractivity contribution is 7.85. The van der Waals surface area contributed by atoms with Crippen LogP contribution in [0.4, 0.5) is 5.95 Å². The van der Waals surface area contributed by atoms with E-state index in [0.29, 0.717) is 18.1 Å². The van der Waals surface area contributed by atoms with Crippen molar-refractivity contribution in [3.8, 4) is 0 Å². The van der Waals surface area contributed by atoms with Crippen LogP contribution in [0, 0.1) is 6.92 Å². The minimum atomic E-state index is -0.669. The highest BCUT2D eigenvalue weighted by atomic mass is 32.2. The van der Waals surface area contributed by atoms with Gasteiger partial charge in [0.05, 0.1) is 5.69 Å². The molecule has 0 atom stereocenters. The molecule has 0 amide bonds. The van der Waals surface area contributed by atoms with Gasteiger partial charge >= 0.3 is 0 Å². The van der Waals surface area contributed by atoms with Crippen molar-refractivity contribution in [2.24, 2.45) is 5.73 Å². The van der Waals surface area contributed by atoms with Gasteiger partial charge in [0.25, 0.3) is 0 Å². The fourth-order valence-corrected chi connectivity index (χ4v) is 2.75. The Morgan fingerprint density at radius 1 is 1.44 bits per heavy atom. The minimum Gasteiger partial charge on any atom is -0.339 e. The van der Waals surface area contributed by atoms with Gasteiger partial charge in [-0.1, -0.05) is 0 Å². The Kier molecular flexibility index (Phi) is 3.50. The molecule has 88 valence electrons. The van der Waals surface area contributed by atoms with Crippen molar-refractivity contribution in [3.63, 3.8) is 0 Å². The van der Waals surface area contributed by atoms with Crippen LogP contribution in [-0.4, -0.2) is 38.8 Å². The van der Waals surface area contributed by atoms with E-state index in [0.717, 1.165) is 30.4 Å². The molecule has 1 aliphatic rings. The van der Waals surface area contributed by atoms with Crippen LogP contribution in [0.5, 0.6) is 0 Å². The van der Waals surface area contributed by atoms with E-state index in [1.165, 1.54) is 0 Å². The number of aromatic nitrogens is 2. The summed E-state index contributed by atoms with van der Waals surface area (Å²) in [6.45, 7) is 3.89. The summed E-state index contributed by atoms with van der Waals surface area (Å²) in [6, 6.07) is 1.89. The van der Waals surface area contributed by atoms with Crippen LogP contribution < -0.4 is 10.6 Å². The Morgan fingerprint density at radius 3 is 2.75 bits per heavy atom. The molecule has 0 spiro atoms. The topological polar surface area (TPSA) is 72.1 Å². The fraction of sp³-hybridized carbons (Fsp3) is 0.600. The van der Waals surface area contributed by atoms with Crippen LogP contribution in [0.3, 0.4) is 0 Å². The normalized spacial score (nSPS) is 17.8. The SMILES string of the molecule is Cc1cc(CN)nc(N2CCS(=O)CC2)n1. The van der Waals surface area contributed by atoms with Gasteiger partial charge in [-0.15, -0.1) is 0 Å². The van der Waals surface area contributed by atoms with Crippen LogP contribution in [0.25, 0.3) is 0 Å². The number of nitrogens with zero attached hydrogens (tertiary/aromatic N) is 3. The van der Waals surface area contributed by atoms with Crippen molar-refractivity contribution in [3.05, 3.63) is 17.5 Å². The Labute approximate surface area is 97.5 Å². The molecule has 2 rings (SSSR count). The lowest BCUT2D eigenvalue weighted by molar-refractivity contribution is 0.670. The van der Waals surface area contributed by atoms with Crippen LogP contribution in [0.15, 0.2) is 6.07 Å². The summed E-state index contributed by atoms with van der Waals surface area (Å²) in [7, 11) is -0.669. The molecule has 2 N–H and O–H groups in total. The van der Waals surface area contributed by atoms with Gasteiger partial charge in [0, 0.05) is 47.6 Å². The summed E-state index contributed by atoms with van der Waals surface area (Å²) in [5.41, 5.74) is 7.37. The van der Waals surface area contributed by atoms with E-state index in [4.69, 9.17) is 5.73 Å². The van der Waals surface area contributed by atoms with Gasteiger partial charge in [0.2, 0.25) is 5.95 Å². The standard InChI is InChI=1S/C10H16N4OS/c1-8-6-9(7-11)13-10(12-8)14-2-4-16(15)5-3-14/h6H,2-5,7,11H2,1H3. The summed E-state index contributed by atoms with van der Waals surface area (Å²) in [5.74, 6) is 2.13. The monoisotopic (exact) mass is 240 g/mol. The zero-order chi connectivity index (χ0) is 11.5. The number of aryl methyl sites for hydroxylation is 1. The second-order valence-corrected chi connectivity index (χ2v) is 5.54. The second kappa shape index (κ2) is 4.88. The van der Waals surface area contributed by atoms with Crippen LogP contribution in [0.2, 0.25) is 0 Å². The van der Waals surface area contributed by atoms with E-state index in [1.54, 1.807) is 0 Å². The molecule has 0 unspecified atom stereocenters. The fourth-order valence-electron chi connectivity index (χ4n) is 1.70. The van der Waals surface area contributed by atoms with Crippen LogP contribution in [0.1, 0.15) is 11.4 Å². The van der Waals surface area contributed by atoms with Crippen molar-refractivity contribution in [1.29, 1.82) is 0 Å². The van der Waals surface area contributed by atoms with Crippen molar-refractivity contribution >= 4 is 16.7 Å². The first-order valence-electron chi connectivity index (χ1n) is 5.33. The first-order chi connectivity index (χ1) is 7.69. The van der Waals surface area contributed by atoms with Gasteiger partial charge in [-0.3, -0.25) is 4.21 Å². The van der Waals surface area contributed by atoms with E-state index < -0.39 is 10.8 Å². The highest BCUT2D eigenvalue weighted by Crippen LogP contribution is 2.12. The zero-order valence-corrected chi connectivity index (χ0v) is 10.2. The third kappa shape index (κ3) is 2.56. The minimum absolute atomic E-state index is 0.427. The van der Waals surface area contributed by atoms with Gasteiger partial charge in [0.1, 0.15) is 0 Å². The molecule has 16 heavy (non-hydrogen) atoms. The van der Waals surface area contributed by atoms with E-state index in [2.05, 4.69) is 14.9 Å². The van der Waals surface area contributed by atoms with Crippen molar-refractivity contribution in [1.82, 2.24) is 9.97 Å². The summed E-state index contributed by atoms with van der Waals surface area (Å²) in [4.78, 5) is 10.9. The van der Waals surface area contributed by atoms with Crippen LogP contribution >= 0.6 is 0 Å². The van der Waals surface area contributed by atoms with E-state index in [9.17, 15) is 4.21 Å². The maximum Gasteiger partial charge on any atom is 0.225 e. The first-order valence-corrected chi connectivity index (χ1v) is 6.82. The maximum absolute atomic E-state index is 11.3. The molecule has 0 radical (unpaired) electrons. The predicted octanol–water partition coefficient (Wildman–Crippen LogP) is -0.188. The molecular formula is C10H16N4OS. The molecule has 0 saturated carbocycles.